The van der Waals surface area contributed by atoms with Gasteiger partial charge in [0.05, 0.1) is 6.61 Å². The fourth-order valence-corrected chi connectivity index (χ4v) is 0.749. The minimum absolute atomic E-state index is 0.476. The lowest BCUT2D eigenvalue weighted by atomic mass is 10.2. The first kappa shape index (κ1) is 9.73. The Bertz CT molecular complexity index is 264. The second-order valence-corrected chi connectivity index (χ2v) is 3.09. The monoisotopic (exact) mass is 182 g/mol. The smallest absolute Gasteiger partial charge is 0.218 e. The number of ether oxygens (including phenoxy) is 1. The number of hydrogen-bond donors (Lipinski definition) is 2. The molecule has 0 atom stereocenters. The quantitative estimate of drug-likeness (QED) is 0.532. The maximum Gasteiger partial charge on any atom is 0.218 e. The maximum absolute atomic E-state index is 5.36. The summed E-state index contributed by atoms with van der Waals surface area (Å²) in [5.41, 5.74) is 2.42. The molecule has 0 spiro atoms. The van der Waals surface area contributed by atoms with E-state index in [4.69, 9.17) is 10.6 Å². The lowest BCUT2D eigenvalue weighted by molar-refractivity contribution is 0.261. The van der Waals surface area contributed by atoms with Crippen LogP contribution in [0.1, 0.15) is 13.8 Å². The van der Waals surface area contributed by atoms with Gasteiger partial charge in [-0.15, -0.1) is 0 Å². The van der Waals surface area contributed by atoms with E-state index in [2.05, 4.69) is 29.2 Å². The largest absolute Gasteiger partial charge is 0.477 e. The molecule has 0 amide bonds. The zero-order valence-electron chi connectivity index (χ0n) is 7.82. The van der Waals surface area contributed by atoms with Crippen molar-refractivity contribution < 1.29 is 4.74 Å². The van der Waals surface area contributed by atoms with Crippen LogP contribution >= 0.6 is 0 Å². The summed E-state index contributed by atoms with van der Waals surface area (Å²) in [6, 6.07) is 1.66. The molecule has 0 radical (unpaired) electrons. The summed E-state index contributed by atoms with van der Waals surface area (Å²) in [4.78, 5) is 7.79. The first-order valence-electron chi connectivity index (χ1n) is 4.14. The third kappa shape index (κ3) is 3.25. The molecule has 0 saturated carbocycles. The van der Waals surface area contributed by atoms with Gasteiger partial charge in [-0.3, -0.25) is 0 Å². The van der Waals surface area contributed by atoms with Gasteiger partial charge in [-0.1, -0.05) is 13.8 Å². The number of hydrazine groups is 1. The fourth-order valence-electron chi connectivity index (χ4n) is 0.749. The van der Waals surface area contributed by atoms with Crippen LogP contribution in [0.15, 0.2) is 12.4 Å². The lowest BCUT2D eigenvalue weighted by Gasteiger charge is -2.07. The summed E-state index contributed by atoms with van der Waals surface area (Å²) >= 11 is 0. The highest BCUT2D eigenvalue weighted by Gasteiger charge is 1.99. The van der Waals surface area contributed by atoms with E-state index in [0.717, 1.165) is 0 Å². The second-order valence-electron chi connectivity index (χ2n) is 3.09. The van der Waals surface area contributed by atoms with Gasteiger partial charge >= 0.3 is 0 Å². The minimum Gasteiger partial charge on any atom is -0.477 e. The zero-order chi connectivity index (χ0) is 9.68. The molecule has 1 rings (SSSR count). The molecule has 0 bridgehead atoms. The van der Waals surface area contributed by atoms with E-state index in [1.807, 2.05) is 0 Å². The third-order valence-electron chi connectivity index (χ3n) is 1.35. The average Bonchev–Trinajstić information content (AvgIpc) is 2.15. The minimum atomic E-state index is 0.476. The van der Waals surface area contributed by atoms with Crippen molar-refractivity contribution in [3.63, 3.8) is 0 Å². The molecule has 3 N–H and O–H groups in total. The summed E-state index contributed by atoms with van der Waals surface area (Å²) in [5, 5.41) is 0. The second kappa shape index (κ2) is 4.61. The van der Waals surface area contributed by atoms with E-state index >= 15 is 0 Å². The van der Waals surface area contributed by atoms with E-state index in [1.165, 1.54) is 6.33 Å². The topological polar surface area (TPSA) is 73.1 Å². The van der Waals surface area contributed by atoms with Crippen molar-refractivity contribution in [3.8, 4) is 5.88 Å². The number of aromatic nitrogens is 2. The van der Waals surface area contributed by atoms with Crippen molar-refractivity contribution in [3.05, 3.63) is 12.4 Å². The molecule has 5 heteroatoms. The Balaban J connectivity index is 2.56. The van der Waals surface area contributed by atoms with Crippen molar-refractivity contribution >= 4 is 5.82 Å². The number of rotatable bonds is 4. The van der Waals surface area contributed by atoms with Crippen LogP contribution in [-0.2, 0) is 0 Å². The molecule has 1 heterocycles. The highest BCUT2D eigenvalue weighted by atomic mass is 16.5. The standard InChI is InChI=1S/C8H14N4O/c1-6(2)4-13-8-3-7(12-9)10-5-11-8/h3,5-6H,4,9H2,1-2H3,(H,10,11,12). The van der Waals surface area contributed by atoms with Crippen LogP contribution in [0, 0.1) is 5.92 Å². The number of nitrogens with two attached hydrogens (primary N) is 1. The van der Waals surface area contributed by atoms with Crippen molar-refractivity contribution in [2.24, 2.45) is 11.8 Å². The summed E-state index contributed by atoms with van der Waals surface area (Å²) in [6.45, 7) is 4.79. The van der Waals surface area contributed by atoms with E-state index in [1.54, 1.807) is 6.07 Å². The Kier molecular flexibility index (Phi) is 3.45. The van der Waals surface area contributed by atoms with E-state index < -0.39 is 0 Å². The molecule has 0 aliphatic carbocycles. The Hall–Kier alpha value is -1.36. The van der Waals surface area contributed by atoms with Crippen molar-refractivity contribution in [2.75, 3.05) is 12.0 Å². The fraction of sp³-hybridized carbons (Fsp3) is 0.500. The summed E-state index contributed by atoms with van der Waals surface area (Å²) in [7, 11) is 0. The van der Waals surface area contributed by atoms with Crippen molar-refractivity contribution in [1.29, 1.82) is 0 Å². The normalized spacial score (nSPS) is 10.2. The van der Waals surface area contributed by atoms with Gasteiger partial charge in [-0.25, -0.2) is 15.8 Å². The van der Waals surface area contributed by atoms with Gasteiger partial charge in [0.1, 0.15) is 12.1 Å². The Morgan fingerprint density at radius 2 is 2.31 bits per heavy atom. The molecule has 0 aliphatic heterocycles. The molecular weight excluding hydrogens is 168 g/mol. The predicted octanol–water partition coefficient (Wildman–Crippen LogP) is 0.797. The molecule has 0 fully saturated rings. The zero-order valence-corrected chi connectivity index (χ0v) is 7.82. The molecule has 13 heavy (non-hydrogen) atoms. The number of anilines is 1. The van der Waals surface area contributed by atoms with Crippen LogP contribution in [0.2, 0.25) is 0 Å². The summed E-state index contributed by atoms with van der Waals surface area (Å²) in [5.74, 6) is 6.74. The van der Waals surface area contributed by atoms with Gasteiger partial charge in [0, 0.05) is 6.07 Å². The van der Waals surface area contributed by atoms with E-state index in [-0.39, 0.29) is 0 Å². The Morgan fingerprint density at radius 1 is 1.54 bits per heavy atom. The highest BCUT2D eigenvalue weighted by Crippen LogP contribution is 2.10. The van der Waals surface area contributed by atoms with Gasteiger partial charge < -0.3 is 10.2 Å². The molecule has 5 nitrogen and oxygen atoms in total. The molecule has 1 aromatic heterocycles. The first-order valence-corrected chi connectivity index (χ1v) is 4.14. The van der Waals surface area contributed by atoms with Gasteiger partial charge in [-0.2, -0.15) is 0 Å². The Morgan fingerprint density at radius 3 is 2.92 bits per heavy atom. The molecular formula is C8H14N4O. The number of nitrogens with one attached hydrogen (secondary N) is 1. The maximum atomic E-state index is 5.36. The SMILES string of the molecule is CC(C)COc1cc(NN)ncn1. The van der Waals surface area contributed by atoms with Crippen LogP contribution in [-0.4, -0.2) is 16.6 Å². The molecule has 0 unspecified atom stereocenters. The highest BCUT2D eigenvalue weighted by molar-refractivity contribution is 5.35. The summed E-state index contributed by atoms with van der Waals surface area (Å²) < 4.78 is 5.36. The Labute approximate surface area is 77.3 Å². The summed E-state index contributed by atoms with van der Waals surface area (Å²) in [6.07, 6.45) is 1.41. The third-order valence-corrected chi connectivity index (χ3v) is 1.35. The van der Waals surface area contributed by atoms with Gasteiger partial charge in [0.2, 0.25) is 5.88 Å². The van der Waals surface area contributed by atoms with Crippen molar-refractivity contribution in [2.45, 2.75) is 13.8 Å². The lowest BCUT2D eigenvalue weighted by Crippen LogP contribution is -2.10. The van der Waals surface area contributed by atoms with Crippen LogP contribution in [0.5, 0.6) is 5.88 Å². The predicted molar refractivity (Wildman–Crippen MR) is 50.2 cm³/mol. The molecule has 0 aromatic carbocycles. The van der Waals surface area contributed by atoms with Crippen molar-refractivity contribution in [1.82, 2.24) is 9.97 Å². The molecule has 0 aliphatic rings. The number of nitrogen functional groups attached to an aromatic ring is 1. The van der Waals surface area contributed by atoms with Crippen LogP contribution in [0.4, 0.5) is 5.82 Å². The molecule has 72 valence electrons. The van der Waals surface area contributed by atoms with Gasteiger partial charge in [0.15, 0.2) is 0 Å². The number of nitrogens with zero attached hydrogens (tertiary/aromatic N) is 2. The van der Waals surface area contributed by atoms with Crippen LogP contribution < -0.4 is 16.0 Å². The first-order chi connectivity index (χ1) is 6.22. The van der Waals surface area contributed by atoms with Gasteiger partial charge in [-0.05, 0) is 5.92 Å². The number of hydrogen-bond acceptors (Lipinski definition) is 5. The van der Waals surface area contributed by atoms with Crippen LogP contribution in [0.3, 0.4) is 0 Å². The molecule has 1 aromatic rings. The van der Waals surface area contributed by atoms with Gasteiger partial charge in [0.25, 0.3) is 0 Å². The average molecular weight is 182 g/mol. The van der Waals surface area contributed by atoms with E-state index in [9.17, 15) is 0 Å². The van der Waals surface area contributed by atoms with Crippen LogP contribution in [0.25, 0.3) is 0 Å². The van der Waals surface area contributed by atoms with E-state index in [0.29, 0.717) is 24.2 Å². The molecule has 0 saturated heterocycles.